The molecule has 1 aliphatic heterocycles. The van der Waals surface area contributed by atoms with Gasteiger partial charge in [0.15, 0.2) is 5.96 Å². The molecule has 1 fully saturated rings. The third-order valence-corrected chi connectivity index (χ3v) is 7.44. The van der Waals surface area contributed by atoms with Crippen LogP contribution in [0.15, 0.2) is 53.9 Å². The van der Waals surface area contributed by atoms with Gasteiger partial charge >= 0.3 is 0 Å². The largest absolute Gasteiger partial charge is 0.345 e. The molecule has 0 bridgehead atoms. The number of nitrogens with zero attached hydrogens (tertiary/aromatic N) is 5. The number of carbonyl (C=O) groups excluding carboxylic acids is 1. The zero-order valence-electron chi connectivity index (χ0n) is 18.3. The first kappa shape index (κ1) is 20.8. The van der Waals surface area contributed by atoms with Crippen LogP contribution in [0.3, 0.4) is 0 Å². The second-order valence-corrected chi connectivity index (χ2v) is 9.27. The van der Waals surface area contributed by atoms with Gasteiger partial charge in [0.25, 0.3) is 0 Å². The van der Waals surface area contributed by atoms with Crippen molar-refractivity contribution in [1.29, 1.82) is 10.7 Å². The van der Waals surface area contributed by atoms with Gasteiger partial charge in [-0.05, 0) is 59.3 Å². The van der Waals surface area contributed by atoms with E-state index in [1.165, 1.54) is 16.2 Å². The van der Waals surface area contributed by atoms with Crippen LogP contribution in [0.2, 0.25) is 0 Å². The number of likely N-dealkylation sites (N-methyl/N-ethyl adjacent to an activating group) is 1. The molecule has 2 N–H and O–H groups in total. The molecule has 9 heteroatoms. The van der Waals surface area contributed by atoms with E-state index in [9.17, 15) is 10.1 Å². The molecule has 1 amide bonds. The molecule has 0 unspecified atom stereocenters. The lowest BCUT2D eigenvalue weighted by Crippen LogP contribution is -2.62. The van der Waals surface area contributed by atoms with E-state index < -0.39 is 11.5 Å². The second kappa shape index (κ2) is 7.53. The maximum atomic E-state index is 13.5. The normalized spacial score (nSPS) is 20.7. The van der Waals surface area contributed by atoms with Gasteiger partial charge in [-0.25, -0.2) is 4.68 Å². The van der Waals surface area contributed by atoms with Crippen molar-refractivity contribution >= 4 is 34.2 Å². The molecule has 33 heavy (non-hydrogen) atoms. The lowest BCUT2D eigenvalue weighted by Gasteiger charge is -2.45. The van der Waals surface area contributed by atoms with Gasteiger partial charge in [0.1, 0.15) is 5.52 Å². The minimum atomic E-state index is -0.837. The molecule has 2 atom stereocenters. The number of hydrogen-bond acceptors (Lipinski definition) is 6. The third kappa shape index (κ3) is 3.27. The van der Waals surface area contributed by atoms with Gasteiger partial charge in [-0.2, -0.15) is 5.26 Å². The molecule has 1 saturated heterocycles. The molecule has 4 aromatic rings. The van der Waals surface area contributed by atoms with Crippen molar-refractivity contribution in [3.8, 4) is 17.2 Å². The topological polar surface area (TPSA) is 111 Å². The fourth-order valence-electron chi connectivity index (χ4n) is 4.39. The molecule has 164 valence electrons. The van der Waals surface area contributed by atoms with Crippen molar-refractivity contribution in [1.82, 2.24) is 25.2 Å². The fourth-order valence-corrected chi connectivity index (χ4v) is 5.45. The molecule has 8 nitrogen and oxygen atoms in total. The summed E-state index contributed by atoms with van der Waals surface area (Å²) in [5.74, 6) is -0.659. The zero-order valence-corrected chi connectivity index (χ0v) is 19.1. The molecule has 0 radical (unpaired) electrons. The van der Waals surface area contributed by atoms with Crippen LogP contribution in [0.5, 0.6) is 0 Å². The highest BCUT2D eigenvalue weighted by atomic mass is 32.1. The van der Waals surface area contributed by atoms with E-state index in [4.69, 9.17) is 5.41 Å². The van der Waals surface area contributed by atoms with Crippen LogP contribution in [0, 0.1) is 16.7 Å². The van der Waals surface area contributed by atoms with E-state index in [0.717, 1.165) is 32.6 Å². The van der Waals surface area contributed by atoms with E-state index in [2.05, 4.69) is 21.7 Å². The number of guanidine groups is 1. The van der Waals surface area contributed by atoms with E-state index in [1.807, 2.05) is 61.8 Å². The van der Waals surface area contributed by atoms with Gasteiger partial charge in [0, 0.05) is 19.0 Å². The average Bonchev–Trinajstić information content (AvgIpc) is 3.46. The molecule has 5 rings (SSSR count). The Balaban J connectivity index is 1.63. The quantitative estimate of drug-likeness (QED) is 0.491. The second-order valence-electron chi connectivity index (χ2n) is 8.36. The van der Waals surface area contributed by atoms with Crippen molar-refractivity contribution in [3.63, 3.8) is 0 Å². The summed E-state index contributed by atoms with van der Waals surface area (Å²) in [4.78, 5) is 15.8. The Labute approximate surface area is 194 Å². The molecule has 0 aliphatic carbocycles. The first-order valence-electron chi connectivity index (χ1n) is 10.3. The van der Waals surface area contributed by atoms with Crippen molar-refractivity contribution in [2.75, 3.05) is 7.05 Å². The van der Waals surface area contributed by atoms with E-state index in [0.29, 0.717) is 5.56 Å². The van der Waals surface area contributed by atoms with Crippen molar-refractivity contribution in [2.45, 2.75) is 18.4 Å². The number of aryl methyl sites for hydroxylation is 1. The van der Waals surface area contributed by atoms with E-state index >= 15 is 0 Å². The van der Waals surface area contributed by atoms with Crippen LogP contribution in [-0.2, 0) is 17.4 Å². The summed E-state index contributed by atoms with van der Waals surface area (Å²) in [7, 11) is 3.43. The van der Waals surface area contributed by atoms with E-state index in [-0.39, 0.29) is 11.9 Å². The summed E-state index contributed by atoms with van der Waals surface area (Å²) in [6.45, 7) is 1.96. The van der Waals surface area contributed by atoms with Crippen LogP contribution < -0.4 is 5.32 Å². The molecule has 3 heterocycles. The summed E-state index contributed by atoms with van der Waals surface area (Å²) in [6, 6.07) is 17.4. The van der Waals surface area contributed by atoms with Gasteiger partial charge in [-0.3, -0.25) is 15.1 Å². The number of nitrogens with one attached hydrogen (secondary N) is 2. The third-order valence-electron chi connectivity index (χ3n) is 6.27. The standard InChI is InChI=1S/C24H21N7OS/c1-24(20-11-17(13-33-20)15-6-4-5-14(9-15)12-25)21(22(32)30(2)23(26)27-24)16-7-8-18-19(10-16)31(3)29-28-18/h4-11,13,21H,1-3H3,(H2,26,27)/t21-,24+/m0/s1. The van der Waals surface area contributed by atoms with Crippen molar-refractivity contribution in [2.24, 2.45) is 7.05 Å². The smallest absolute Gasteiger partial charge is 0.239 e. The number of rotatable bonds is 3. The summed E-state index contributed by atoms with van der Waals surface area (Å²) in [5, 5.41) is 31.2. The monoisotopic (exact) mass is 455 g/mol. The van der Waals surface area contributed by atoms with Gasteiger partial charge in [-0.15, -0.1) is 16.4 Å². The maximum Gasteiger partial charge on any atom is 0.239 e. The minimum absolute atomic E-state index is 0.0588. The lowest BCUT2D eigenvalue weighted by molar-refractivity contribution is -0.131. The summed E-state index contributed by atoms with van der Waals surface area (Å²) < 4.78 is 1.69. The van der Waals surface area contributed by atoms with Crippen LogP contribution in [0.4, 0.5) is 0 Å². The van der Waals surface area contributed by atoms with Gasteiger partial charge in [0.05, 0.1) is 28.6 Å². The number of fused-ring (bicyclic) bond motifs is 1. The van der Waals surface area contributed by atoms with Gasteiger partial charge < -0.3 is 5.32 Å². The first-order chi connectivity index (χ1) is 15.8. The molecular weight excluding hydrogens is 434 g/mol. The summed E-state index contributed by atoms with van der Waals surface area (Å²) >= 11 is 1.53. The summed E-state index contributed by atoms with van der Waals surface area (Å²) in [5.41, 5.74) is 4.09. The number of benzene rings is 2. The van der Waals surface area contributed by atoms with Gasteiger partial charge in [0.2, 0.25) is 5.91 Å². The highest BCUT2D eigenvalue weighted by molar-refractivity contribution is 7.10. The molecule has 1 aliphatic rings. The number of hydrogen-bond donors (Lipinski definition) is 2. The van der Waals surface area contributed by atoms with Crippen molar-refractivity contribution < 1.29 is 4.79 Å². The molecule has 0 spiro atoms. The average molecular weight is 456 g/mol. The van der Waals surface area contributed by atoms with Crippen molar-refractivity contribution in [3.05, 3.63) is 69.9 Å². The number of amides is 1. The maximum absolute atomic E-state index is 13.5. The number of thiophene rings is 1. The molecular formula is C24H21N7OS. The first-order valence-corrected chi connectivity index (χ1v) is 11.2. The minimum Gasteiger partial charge on any atom is -0.345 e. The molecule has 0 saturated carbocycles. The van der Waals surface area contributed by atoms with E-state index in [1.54, 1.807) is 17.8 Å². The number of carbonyl (C=O) groups is 1. The molecule has 2 aromatic heterocycles. The lowest BCUT2D eigenvalue weighted by atomic mass is 9.76. The number of aromatic nitrogens is 3. The summed E-state index contributed by atoms with van der Waals surface area (Å²) in [6.07, 6.45) is 0. The fraction of sp³-hybridized carbons (Fsp3) is 0.208. The highest BCUT2D eigenvalue weighted by Crippen LogP contribution is 2.44. The zero-order chi connectivity index (χ0) is 23.3. The SMILES string of the molecule is CN1C(=N)N[C@](C)(c2cc(-c3cccc(C#N)c3)cs2)[C@@H](c2ccc3nnn(C)c3c2)C1=O. The highest BCUT2D eigenvalue weighted by Gasteiger charge is 2.49. The Bertz CT molecular complexity index is 1460. The Hall–Kier alpha value is -4.03. The van der Waals surface area contributed by atoms with Crippen LogP contribution >= 0.6 is 11.3 Å². The Morgan fingerprint density at radius 1 is 1.18 bits per heavy atom. The van der Waals surface area contributed by atoms with Gasteiger partial charge in [-0.1, -0.05) is 23.4 Å². The molecule has 2 aromatic carbocycles. The Morgan fingerprint density at radius 3 is 2.79 bits per heavy atom. The van der Waals surface area contributed by atoms with Crippen LogP contribution in [0.1, 0.15) is 28.8 Å². The number of nitriles is 1. The van der Waals surface area contributed by atoms with Crippen LogP contribution in [0.25, 0.3) is 22.2 Å². The Morgan fingerprint density at radius 2 is 2.00 bits per heavy atom. The van der Waals surface area contributed by atoms with Crippen LogP contribution in [-0.4, -0.2) is 38.8 Å². The predicted molar refractivity (Wildman–Crippen MR) is 127 cm³/mol. The Kier molecular flexibility index (Phi) is 4.76. The predicted octanol–water partition coefficient (Wildman–Crippen LogP) is 3.56.